The zero-order valence-corrected chi connectivity index (χ0v) is 24.0. The fraction of sp³-hybridized carbons (Fsp3) is 0.448. The number of aromatic nitrogens is 1. The molecule has 1 atom stereocenters. The van der Waals surface area contributed by atoms with Crippen LogP contribution < -0.4 is 15.4 Å². The molecule has 0 aliphatic carbocycles. The van der Waals surface area contributed by atoms with Crippen molar-refractivity contribution >= 4 is 51.8 Å². The summed E-state index contributed by atoms with van der Waals surface area (Å²) in [5.41, 5.74) is 2.36. The van der Waals surface area contributed by atoms with E-state index in [0.717, 1.165) is 43.7 Å². The lowest BCUT2D eigenvalue weighted by Crippen LogP contribution is -2.48. The minimum absolute atomic E-state index is 0.00158. The third kappa shape index (κ3) is 5.49. The molecule has 2 aromatic rings. The molecule has 1 aromatic heterocycles. The molecule has 1 amide bonds. The van der Waals surface area contributed by atoms with Crippen molar-refractivity contribution in [1.82, 2.24) is 9.47 Å². The number of rotatable bonds is 7. The Balaban J connectivity index is 1.53. The molecule has 4 heterocycles. The molecule has 39 heavy (non-hydrogen) atoms. The second kappa shape index (κ2) is 11.9. The minimum Gasteiger partial charge on any atom is -0.376 e. The summed E-state index contributed by atoms with van der Waals surface area (Å²) >= 11 is 6.86. The maximum atomic E-state index is 13.5. The number of anilines is 2. The second-order valence-corrected chi connectivity index (χ2v) is 11.7. The lowest BCUT2D eigenvalue weighted by atomic mass is 10.0. The number of nitriles is 1. The van der Waals surface area contributed by atoms with E-state index in [9.17, 15) is 14.9 Å². The zero-order valence-electron chi connectivity index (χ0n) is 22.4. The fourth-order valence-corrected chi connectivity index (χ4v) is 6.77. The fourth-order valence-electron chi connectivity index (χ4n) is 5.51. The third-order valence-electron chi connectivity index (χ3n) is 7.55. The Labute approximate surface area is 238 Å². The number of ether oxygens (including phenoxy) is 1. The Kier molecular flexibility index (Phi) is 8.40. The van der Waals surface area contributed by atoms with Crippen LogP contribution in [0.4, 0.5) is 11.5 Å². The van der Waals surface area contributed by atoms with Crippen molar-refractivity contribution in [1.29, 1.82) is 5.26 Å². The number of hydrogen-bond donors (Lipinski definition) is 0. The average Bonchev–Trinajstić information content (AvgIpc) is 3.56. The molecular formula is C29H33N5O3S2. The van der Waals surface area contributed by atoms with E-state index in [4.69, 9.17) is 17.0 Å². The number of nitrogens with zero attached hydrogens (tertiary/aromatic N) is 5. The van der Waals surface area contributed by atoms with Gasteiger partial charge in [0.05, 0.1) is 17.6 Å². The maximum absolute atomic E-state index is 13.5. The van der Waals surface area contributed by atoms with Crippen LogP contribution in [-0.2, 0) is 16.1 Å². The van der Waals surface area contributed by atoms with E-state index in [2.05, 4.69) is 28.0 Å². The molecule has 10 heteroatoms. The Morgan fingerprint density at radius 3 is 2.51 bits per heavy atom. The minimum atomic E-state index is -0.277. The number of thioether (sulfide) groups is 1. The van der Waals surface area contributed by atoms with Gasteiger partial charge < -0.3 is 14.5 Å². The van der Waals surface area contributed by atoms with Gasteiger partial charge in [-0.25, -0.2) is 0 Å². The monoisotopic (exact) mass is 563 g/mol. The lowest BCUT2D eigenvalue weighted by molar-refractivity contribution is -0.123. The van der Waals surface area contributed by atoms with Crippen molar-refractivity contribution in [2.75, 3.05) is 49.1 Å². The van der Waals surface area contributed by atoms with Crippen molar-refractivity contribution in [2.45, 2.75) is 45.8 Å². The highest BCUT2D eigenvalue weighted by Gasteiger charge is 2.35. The number of pyridine rings is 1. The molecular weight excluding hydrogens is 530 g/mol. The SMILES string of the molecule is CCCn1c(N2CCN(c3ccccc3)CC2)c(/C=C2/SC(=S)N(CC3CCCO3)C2=O)c(C)c(C#N)c1=O. The molecule has 0 N–H and O–H groups in total. The first-order valence-electron chi connectivity index (χ1n) is 13.5. The molecule has 8 nitrogen and oxygen atoms in total. The predicted octanol–water partition coefficient (Wildman–Crippen LogP) is 4.15. The van der Waals surface area contributed by atoms with Crippen LogP contribution in [0.15, 0.2) is 40.0 Å². The van der Waals surface area contributed by atoms with Crippen LogP contribution in [-0.4, -0.2) is 65.1 Å². The summed E-state index contributed by atoms with van der Waals surface area (Å²) in [6, 6.07) is 12.4. The molecule has 1 unspecified atom stereocenters. The van der Waals surface area contributed by atoms with Gasteiger partial charge in [0, 0.05) is 50.6 Å². The number of piperazine rings is 1. The van der Waals surface area contributed by atoms with Crippen LogP contribution in [0.1, 0.15) is 42.9 Å². The van der Waals surface area contributed by atoms with Crippen molar-refractivity contribution in [2.24, 2.45) is 0 Å². The molecule has 0 spiro atoms. The smallest absolute Gasteiger partial charge is 0.270 e. The third-order valence-corrected chi connectivity index (χ3v) is 8.93. The van der Waals surface area contributed by atoms with Gasteiger partial charge >= 0.3 is 0 Å². The quantitative estimate of drug-likeness (QED) is 0.367. The van der Waals surface area contributed by atoms with Gasteiger partial charge in [0.1, 0.15) is 21.8 Å². The van der Waals surface area contributed by atoms with Crippen LogP contribution in [0, 0.1) is 18.3 Å². The van der Waals surface area contributed by atoms with E-state index in [0.29, 0.717) is 47.6 Å². The van der Waals surface area contributed by atoms with Crippen molar-refractivity contribution in [3.05, 3.63) is 62.3 Å². The van der Waals surface area contributed by atoms with Gasteiger partial charge in [-0.2, -0.15) is 5.26 Å². The lowest BCUT2D eigenvalue weighted by Gasteiger charge is -2.39. The van der Waals surface area contributed by atoms with Gasteiger partial charge in [-0.15, -0.1) is 0 Å². The Bertz CT molecular complexity index is 1380. The summed E-state index contributed by atoms with van der Waals surface area (Å²) in [6.07, 6.45) is 4.50. The molecule has 3 saturated heterocycles. The van der Waals surface area contributed by atoms with Gasteiger partial charge in [-0.05, 0) is 50.0 Å². The topological polar surface area (TPSA) is 81.8 Å². The van der Waals surface area contributed by atoms with E-state index in [1.807, 2.05) is 31.2 Å². The Morgan fingerprint density at radius 1 is 1.15 bits per heavy atom. The number of hydrogen-bond acceptors (Lipinski definition) is 8. The van der Waals surface area contributed by atoms with Crippen molar-refractivity contribution in [3.8, 4) is 6.07 Å². The van der Waals surface area contributed by atoms with E-state index in [1.54, 1.807) is 16.4 Å². The highest BCUT2D eigenvalue weighted by molar-refractivity contribution is 8.26. The summed E-state index contributed by atoms with van der Waals surface area (Å²) in [6.45, 7) is 8.50. The van der Waals surface area contributed by atoms with Gasteiger partial charge in [-0.1, -0.05) is 49.1 Å². The molecule has 204 valence electrons. The molecule has 3 fully saturated rings. The van der Waals surface area contributed by atoms with E-state index >= 15 is 0 Å². The second-order valence-electron chi connectivity index (χ2n) is 10.0. The largest absolute Gasteiger partial charge is 0.376 e. The predicted molar refractivity (Wildman–Crippen MR) is 160 cm³/mol. The van der Waals surface area contributed by atoms with Crippen molar-refractivity contribution in [3.63, 3.8) is 0 Å². The number of thiocarbonyl (C=S) groups is 1. The highest BCUT2D eigenvalue weighted by atomic mass is 32.2. The molecule has 3 aliphatic heterocycles. The van der Waals surface area contributed by atoms with Gasteiger partial charge in [-0.3, -0.25) is 19.1 Å². The molecule has 0 saturated carbocycles. The first kappa shape index (κ1) is 27.4. The number of carbonyl (C=O) groups is 1. The van der Waals surface area contributed by atoms with Crippen LogP contribution in [0.2, 0.25) is 0 Å². The Morgan fingerprint density at radius 2 is 1.87 bits per heavy atom. The number of amides is 1. The van der Waals surface area contributed by atoms with E-state index in [-0.39, 0.29) is 23.1 Å². The summed E-state index contributed by atoms with van der Waals surface area (Å²) in [4.78, 5) is 33.7. The normalized spacial score (nSPS) is 20.8. The maximum Gasteiger partial charge on any atom is 0.270 e. The standard InChI is InChI=1S/C29H33N5O3S2/c1-3-11-33-26(32-14-12-31(13-15-32)21-8-5-4-6-9-21)23(20(2)24(18-30)27(33)35)17-25-28(36)34(29(38)39-25)19-22-10-7-16-37-22/h4-6,8-9,17,22H,3,7,10-16,19H2,1-2H3/b25-17+. The molecule has 1 aromatic carbocycles. The molecule has 0 bridgehead atoms. The van der Waals surface area contributed by atoms with Crippen molar-refractivity contribution < 1.29 is 9.53 Å². The van der Waals surface area contributed by atoms with Crippen LogP contribution in [0.3, 0.4) is 0 Å². The summed E-state index contributed by atoms with van der Waals surface area (Å²) in [5.74, 6) is 0.627. The van der Waals surface area contributed by atoms with Crippen LogP contribution >= 0.6 is 24.0 Å². The number of carbonyl (C=O) groups excluding carboxylic acids is 1. The van der Waals surface area contributed by atoms with Gasteiger partial charge in [0.25, 0.3) is 11.5 Å². The van der Waals surface area contributed by atoms with Crippen LogP contribution in [0.25, 0.3) is 6.08 Å². The zero-order chi connectivity index (χ0) is 27.5. The van der Waals surface area contributed by atoms with E-state index in [1.165, 1.54) is 17.4 Å². The van der Waals surface area contributed by atoms with Gasteiger partial charge in [0.15, 0.2) is 0 Å². The van der Waals surface area contributed by atoms with Crippen LogP contribution in [0.5, 0.6) is 0 Å². The van der Waals surface area contributed by atoms with Gasteiger partial charge in [0.2, 0.25) is 0 Å². The number of para-hydroxylation sites is 1. The molecule has 0 radical (unpaired) electrons. The molecule has 3 aliphatic rings. The summed E-state index contributed by atoms with van der Waals surface area (Å²) in [7, 11) is 0. The average molecular weight is 564 g/mol. The highest BCUT2D eigenvalue weighted by Crippen LogP contribution is 2.37. The first-order valence-corrected chi connectivity index (χ1v) is 14.7. The number of benzene rings is 1. The Hall–Kier alpha value is -3.13. The summed E-state index contributed by atoms with van der Waals surface area (Å²) < 4.78 is 7.98. The van der Waals surface area contributed by atoms with E-state index < -0.39 is 0 Å². The summed E-state index contributed by atoms with van der Waals surface area (Å²) in [5, 5.41) is 9.92. The first-order chi connectivity index (χ1) is 18.9. The molecule has 5 rings (SSSR count).